The summed E-state index contributed by atoms with van der Waals surface area (Å²) in [5.41, 5.74) is 6.90. The first-order chi connectivity index (χ1) is 8.97. The van der Waals surface area contributed by atoms with Crippen molar-refractivity contribution < 1.29 is 14.3 Å². The van der Waals surface area contributed by atoms with Crippen LogP contribution in [0.15, 0.2) is 28.7 Å². The molecule has 1 heterocycles. The van der Waals surface area contributed by atoms with E-state index in [0.29, 0.717) is 11.3 Å². The lowest BCUT2D eigenvalue weighted by Crippen LogP contribution is -2.34. The van der Waals surface area contributed by atoms with Crippen molar-refractivity contribution in [1.82, 2.24) is 5.32 Å². The van der Waals surface area contributed by atoms with E-state index in [2.05, 4.69) is 5.32 Å². The molecular weight excluding hydrogens is 244 g/mol. The molecule has 1 aromatic heterocycles. The number of carbonyl (C=O) groups is 1. The molecule has 19 heavy (non-hydrogen) atoms. The van der Waals surface area contributed by atoms with Crippen molar-refractivity contribution >= 4 is 22.6 Å². The number of hydrogen-bond donors (Lipinski definition) is 3. The van der Waals surface area contributed by atoms with E-state index in [9.17, 15) is 9.90 Å². The van der Waals surface area contributed by atoms with Gasteiger partial charge in [-0.05, 0) is 30.2 Å². The van der Waals surface area contributed by atoms with Gasteiger partial charge >= 0.3 is 0 Å². The first kappa shape index (κ1) is 13.4. The quantitative estimate of drug-likeness (QED) is 0.732. The smallest absolute Gasteiger partial charge is 0.287 e. The zero-order valence-corrected chi connectivity index (χ0v) is 11.0. The lowest BCUT2D eigenvalue weighted by Gasteiger charge is -2.14. The van der Waals surface area contributed by atoms with E-state index in [1.807, 2.05) is 13.8 Å². The Kier molecular flexibility index (Phi) is 3.76. The molecule has 0 bridgehead atoms. The Morgan fingerprint density at radius 1 is 1.42 bits per heavy atom. The van der Waals surface area contributed by atoms with Gasteiger partial charge in [0.25, 0.3) is 5.91 Å². The Labute approximate surface area is 111 Å². The van der Waals surface area contributed by atoms with Crippen molar-refractivity contribution in [3.63, 3.8) is 0 Å². The fraction of sp³-hybridized carbons (Fsp3) is 0.357. The average molecular weight is 262 g/mol. The lowest BCUT2D eigenvalue weighted by atomic mass is 10.1. The molecule has 0 saturated carbocycles. The number of amides is 1. The molecule has 5 nitrogen and oxygen atoms in total. The number of nitrogens with one attached hydrogen (secondary N) is 1. The average Bonchev–Trinajstić information content (AvgIpc) is 2.78. The molecule has 4 N–H and O–H groups in total. The van der Waals surface area contributed by atoms with Crippen LogP contribution in [0.25, 0.3) is 11.0 Å². The molecular formula is C14H18N2O3. The molecule has 0 radical (unpaired) electrons. The van der Waals surface area contributed by atoms with Crippen LogP contribution in [0, 0.1) is 5.92 Å². The second-order valence-corrected chi connectivity index (χ2v) is 4.93. The molecule has 0 spiro atoms. The fourth-order valence-corrected chi connectivity index (χ4v) is 1.69. The zero-order valence-electron chi connectivity index (χ0n) is 11.0. The van der Waals surface area contributed by atoms with Crippen LogP contribution in [-0.2, 0) is 0 Å². The van der Waals surface area contributed by atoms with Gasteiger partial charge in [0.2, 0.25) is 0 Å². The topological polar surface area (TPSA) is 88.5 Å². The Hall–Kier alpha value is -2.01. The van der Waals surface area contributed by atoms with Crippen LogP contribution >= 0.6 is 0 Å². The molecule has 2 rings (SSSR count). The van der Waals surface area contributed by atoms with Crippen LogP contribution in [-0.4, -0.2) is 23.7 Å². The van der Waals surface area contributed by atoms with Crippen LogP contribution in [0.4, 0.5) is 5.69 Å². The summed E-state index contributed by atoms with van der Waals surface area (Å²) in [7, 11) is 0. The van der Waals surface area contributed by atoms with E-state index in [4.69, 9.17) is 10.2 Å². The molecule has 0 aliphatic heterocycles. The Morgan fingerprint density at radius 3 is 2.84 bits per heavy atom. The van der Waals surface area contributed by atoms with E-state index in [1.165, 1.54) is 0 Å². The molecule has 0 aliphatic rings. The number of rotatable bonds is 4. The van der Waals surface area contributed by atoms with Crippen LogP contribution < -0.4 is 11.1 Å². The number of fused-ring (bicyclic) bond motifs is 1. The highest BCUT2D eigenvalue weighted by Crippen LogP contribution is 2.21. The van der Waals surface area contributed by atoms with Gasteiger partial charge in [0.15, 0.2) is 5.76 Å². The SMILES string of the molecule is CC(C)C(O)CNC(=O)c1cc2cc(N)ccc2o1. The van der Waals surface area contributed by atoms with Crippen LogP contribution in [0.5, 0.6) is 0 Å². The van der Waals surface area contributed by atoms with E-state index >= 15 is 0 Å². The third kappa shape index (κ3) is 3.06. The summed E-state index contributed by atoms with van der Waals surface area (Å²) < 4.78 is 5.43. The van der Waals surface area contributed by atoms with E-state index in [1.54, 1.807) is 24.3 Å². The van der Waals surface area contributed by atoms with Gasteiger partial charge < -0.3 is 20.6 Å². The summed E-state index contributed by atoms with van der Waals surface area (Å²) in [6.45, 7) is 3.98. The number of benzene rings is 1. The highest BCUT2D eigenvalue weighted by Gasteiger charge is 2.15. The van der Waals surface area contributed by atoms with Crippen LogP contribution in [0.1, 0.15) is 24.4 Å². The monoisotopic (exact) mass is 262 g/mol. The summed E-state index contributed by atoms with van der Waals surface area (Å²) in [5, 5.41) is 13.1. The molecule has 102 valence electrons. The van der Waals surface area contributed by atoms with Crippen molar-refractivity contribution in [3.8, 4) is 0 Å². The number of furan rings is 1. The third-order valence-electron chi connectivity index (χ3n) is 3.01. The standard InChI is InChI=1S/C14H18N2O3/c1-8(2)11(17)7-16-14(18)13-6-9-5-10(15)3-4-12(9)19-13/h3-6,8,11,17H,7,15H2,1-2H3,(H,16,18). The minimum Gasteiger partial charge on any atom is -0.451 e. The van der Waals surface area contributed by atoms with Gasteiger partial charge in [-0.15, -0.1) is 0 Å². The molecule has 2 aromatic rings. The zero-order chi connectivity index (χ0) is 14.0. The minimum absolute atomic E-state index is 0.0933. The summed E-state index contributed by atoms with van der Waals surface area (Å²) >= 11 is 0. The van der Waals surface area contributed by atoms with Gasteiger partial charge in [0, 0.05) is 17.6 Å². The molecule has 1 unspecified atom stereocenters. The number of hydrogen-bond acceptors (Lipinski definition) is 4. The number of aliphatic hydroxyl groups excluding tert-OH is 1. The van der Waals surface area contributed by atoms with Crippen molar-refractivity contribution in [2.45, 2.75) is 20.0 Å². The third-order valence-corrected chi connectivity index (χ3v) is 3.01. The van der Waals surface area contributed by atoms with Crippen LogP contribution in [0.2, 0.25) is 0 Å². The Morgan fingerprint density at radius 2 is 2.16 bits per heavy atom. The number of carbonyl (C=O) groups excluding carboxylic acids is 1. The fourth-order valence-electron chi connectivity index (χ4n) is 1.69. The van der Waals surface area contributed by atoms with Gasteiger partial charge in [0.05, 0.1) is 6.10 Å². The predicted molar refractivity (Wildman–Crippen MR) is 73.8 cm³/mol. The maximum absolute atomic E-state index is 11.9. The van der Waals surface area contributed by atoms with Crippen molar-refractivity contribution in [3.05, 3.63) is 30.0 Å². The van der Waals surface area contributed by atoms with E-state index in [0.717, 1.165) is 5.39 Å². The van der Waals surface area contributed by atoms with Gasteiger partial charge in [-0.2, -0.15) is 0 Å². The molecule has 1 atom stereocenters. The number of aliphatic hydroxyl groups is 1. The van der Waals surface area contributed by atoms with Gasteiger partial charge in [-0.25, -0.2) is 0 Å². The second kappa shape index (κ2) is 5.32. The maximum Gasteiger partial charge on any atom is 0.287 e. The summed E-state index contributed by atoms with van der Waals surface area (Å²) in [6, 6.07) is 6.84. The second-order valence-electron chi connectivity index (χ2n) is 4.93. The molecule has 1 aromatic carbocycles. The molecule has 1 amide bonds. The van der Waals surface area contributed by atoms with Gasteiger partial charge in [0.1, 0.15) is 5.58 Å². The highest BCUT2D eigenvalue weighted by atomic mass is 16.3. The van der Waals surface area contributed by atoms with Crippen molar-refractivity contribution in [2.75, 3.05) is 12.3 Å². The lowest BCUT2D eigenvalue weighted by molar-refractivity contribution is 0.0849. The number of anilines is 1. The minimum atomic E-state index is -0.566. The van der Waals surface area contributed by atoms with Crippen LogP contribution in [0.3, 0.4) is 0 Å². The van der Waals surface area contributed by atoms with E-state index in [-0.39, 0.29) is 24.1 Å². The first-order valence-electron chi connectivity index (χ1n) is 6.22. The molecule has 0 fully saturated rings. The van der Waals surface area contributed by atoms with Gasteiger partial charge in [-0.1, -0.05) is 13.8 Å². The maximum atomic E-state index is 11.9. The summed E-state index contributed by atoms with van der Waals surface area (Å²) in [5.74, 6) is -0.0261. The molecule has 0 aliphatic carbocycles. The highest BCUT2D eigenvalue weighted by molar-refractivity contribution is 5.96. The number of nitrogens with two attached hydrogens (primary N) is 1. The molecule has 0 saturated heterocycles. The summed E-state index contributed by atoms with van der Waals surface area (Å²) in [6.07, 6.45) is -0.566. The summed E-state index contributed by atoms with van der Waals surface area (Å²) in [4.78, 5) is 11.9. The van der Waals surface area contributed by atoms with Crippen molar-refractivity contribution in [2.24, 2.45) is 5.92 Å². The predicted octanol–water partition coefficient (Wildman–Crippen LogP) is 1.76. The van der Waals surface area contributed by atoms with Gasteiger partial charge in [-0.3, -0.25) is 4.79 Å². The molecule has 5 heteroatoms. The number of nitrogen functional groups attached to an aromatic ring is 1. The first-order valence-corrected chi connectivity index (χ1v) is 6.22. The van der Waals surface area contributed by atoms with E-state index < -0.39 is 6.10 Å². The Balaban J connectivity index is 2.09. The Bertz CT molecular complexity index is 589. The van der Waals surface area contributed by atoms with Crippen molar-refractivity contribution in [1.29, 1.82) is 0 Å². The largest absolute Gasteiger partial charge is 0.451 e. The normalized spacial score (nSPS) is 12.8.